The van der Waals surface area contributed by atoms with Gasteiger partial charge in [-0.05, 0) is 18.2 Å². The van der Waals surface area contributed by atoms with Gasteiger partial charge in [-0.1, -0.05) is 18.2 Å². The number of hydrogen-bond acceptors (Lipinski definition) is 4. The number of aromatic amines is 1. The highest BCUT2D eigenvalue weighted by Gasteiger charge is 2.26. The summed E-state index contributed by atoms with van der Waals surface area (Å²) in [5, 5.41) is 11.6. The minimum Gasteiger partial charge on any atom is -0.360 e. The molecule has 1 aliphatic rings. The lowest BCUT2D eigenvalue weighted by atomic mass is 10.1. The first-order chi connectivity index (χ1) is 13.5. The fraction of sp³-hybridized carbons (Fsp3) is 0.200. The summed E-state index contributed by atoms with van der Waals surface area (Å²) >= 11 is 0. The molecule has 8 nitrogen and oxygen atoms in total. The Balaban J connectivity index is 1.42. The maximum absolute atomic E-state index is 12.9. The number of aromatic nitrogens is 1. The molecule has 0 atom stereocenters. The van der Waals surface area contributed by atoms with E-state index in [0.29, 0.717) is 37.3 Å². The topological polar surface area (TPSA) is 99.5 Å². The number of rotatable bonds is 3. The zero-order valence-electron chi connectivity index (χ0n) is 15.0. The Bertz CT molecular complexity index is 1050. The van der Waals surface area contributed by atoms with Gasteiger partial charge in [-0.25, -0.2) is 0 Å². The molecule has 0 spiro atoms. The van der Waals surface area contributed by atoms with Gasteiger partial charge < -0.3 is 14.8 Å². The van der Waals surface area contributed by atoms with E-state index in [2.05, 4.69) is 4.98 Å². The number of nitro groups is 1. The van der Waals surface area contributed by atoms with Gasteiger partial charge in [-0.2, -0.15) is 0 Å². The number of nitrogens with one attached hydrogen (secondary N) is 1. The van der Waals surface area contributed by atoms with E-state index < -0.39 is 4.92 Å². The van der Waals surface area contributed by atoms with E-state index in [1.807, 2.05) is 24.3 Å². The predicted octanol–water partition coefficient (Wildman–Crippen LogP) is 2.67. The van der Waals surface area contributed by atoms with Crippen LogP contribution in [0, 0.1) is 10.1 Å². The Hall–Kier alpha value is -3.68. The van der Waals surface area contributed by atoms with Crippen LogP contribution in [-0.4, -0.2) is 57.7 Å². The number of carbonyl (C=O) groups excluding carboxylic acids is 2. The van der Waals surface area contributed by atoms with E-state index in [0.717, 1.165) is 10.9 Å². The van der Waals surface area contributed by atoms with Crippen molar-refractivity contribution in [1.29, 1.82) is 0 Å². The van der Waals surface area contributed by atoms with Gasteiger partial charge in [0.05, 0.1) is 10.5 Å². The molecule has 2 heterocycles. The molecule has 4 rings (SSSR count). The molecule has 3 aromatic rings. The molecule has 1 N–H and O–H groups in total. The molecule has 2 aromatic carbocycles. The Labute approximate surface area is 160 Å². The summed E-state index contributed by atoms with van der Waals surface area (Å²) in [4.78, 5) is 42.2. The zero-order chi connectivity index (χ0) is 19.7. The molecule has 142 valence electrons. The van der Waals surface area contributed by atoms with Crippen LogP contribution in [0.25, 0.3) is 10.9 Å². The third-order valence-electron chi connectivity index (χ3n) is 5.00. The van der Waals surface area contributed by atoms with Gasteiger partial charge in [0.25, 0.3) is 17.5 Å². The van der Waals surface area contributed by atoms with Crippen LogP contribution in [0.3, 0.4) is 0 Å². The second-order valence-electron chi connectivity index (χ2n) is 6.64. The molecular formula is C20H18N4O4. The lowest BCUT2D eigenvalue weighted by Crippen LogP contribution is -2.50. The summed E-state index contributed by atoms with van der Waals surface area (Å²) in [6, 6.07) is 13.2. The molecule has 1 fully saturated rings. The fourth-order valence-corrected chi connectivity index (χ4v) is 3.44. The van der Waals surface area contributed by atoms with Crippen LogP contribution in [0.15, 0.2) is 54.7 Å². The molecule has 1 aliphatic heterocycles. The summed E-state index contributed by atoms with van der Waals surface area (Å²) in [6.45, 7) is 1.72. The van der Waals surface area contributed by atoms with Crippen LogP contribution in [0.4, 0.5) is 5.69 Å². The number of carbonyl (C=O) groups is 2. The molecule has 0 unspecified atom stereocenters. The first-order valence-corrected chi connectivity index (χ1v) is 8.94. The molecule has 1 saturated heterocycles. The van der Waals surface area contributed by atoms with Gasteiger partial charge in [-0.15, -0.1) is 0 Å². The number of nitrogens with zero attached hydrogens (tertiary/aromatic N) is 3. The monoisotopic (exact) mass is 378 g/mol. The van der Waals surface area contributed by atoms with Gasteiger partial charge in [-0.3, -0.25) is 19.7 Å². The van der Waals surface area contributed by atoms with Gasteiger partial charge in [0, 0.05) is 61.0 Å². The number of benzene rings is 2. The van der Waals surface area contributed by atoms with E-state index in [9.17, 15) is 19.7 Å². The van der Waals surface area contributed by atoms with Crippen molar-refractivity contribution in [3.05, 3.63) is 76.0 Å². The number of piperazine rings is 1. The summed E-state index contributed by atoms with van der Waals surface area (Å²) < 4.78 is 0. The highest BCUT2D eigenvalue weighted by molar-refractivity contribution is 6.06. The molecule has 1 aromatic heterocycles. The number of para-hydroxylation sites is 1. The second-order valence-corrected chi connectivity index (χ2v) is 6.64. The predicted molar refractivity (Wildman–Crippen MR) is 103 cm³/mol. The molecule has 0 bridgehead atoms. The van der Waals surface area contributed by atoms with Crippen molar-refractivity contribution in [1.82, 2.24) is 14.8 Å². The number of nitro benzene ring substituents is 1. The van der Waals surface area contributed by atoms with Crippen molar-refractivity contribution in [3.8, 4) is 0 Å². The van der Waals surface area contributed by atoms with Crippen LogP contribution in [0.2, 0.25) is 0 Å². The van der Waals surface area contributed by atoms with E-state index in [-0.39, 0.29) is 17.5 Å². The smallest absolute Gasteiger partial charge is 0.269 e. The Kier molecular flexibility index (Phi) is 4.52. The SMILES string of the molecule is O=C(c1ccc([N+](=O)[O-])cc1)N1CCN(C(=O)c2c[nH]c3ccccc23)CC1. The molecule has 2 amide bonds. The lowest BCUT2D eigenvalue weighted by Gasteiger charge is -2.34. The van der Waals surface area contributed by atoms with Crippen LogP contribution in [0.5, 0.6) is 0 Å². The maximum atomic E-state index is 12.9. The van der Waals surface area contributed by atoms with E-state index in [4.69, 9.17) is 0 Å². The van der Waals surface area contributed by atoms with Gasteiger partial charge in [0.2, 0.25) is 0 Å². The zero-order valence-corrected chi connectivity index (χ0v) is 15.0. The quantitative estimate of drug-likeness (QED) is 0.559. The Morgan fingerprint density at radius 3 is 2.14 bits per heavy atom. The van der Waals surface area contributed by atoms with Crippen molar-refractivity contribution < 1.29 is 14.5 Å². The van der Waals surface area contributed by atoms with Crippen molar-refractivity contribution in [2.75, 3.05) is 26.2 Å². The normalized spacial score (nSPS) is 14.3. The number of amides is 2. The first kappa shape index (κ1) is 17.7. The van der Waals surface area contributed by atoms with Crippen molar-refractivity contribution in [3.63, 3.8) is 0 Å². The van der Waals surface area contributed by atoms with Crippen LogP contribution in [-0.2, 0) is 0 Å². The maximum Gasteiger partial charge on any atom is 0.269 e. The summed E-state index contributed by atoms with van der Waals surface area (Å²) in [5.41, 5.74) is 1.90. The molecule has 0 aliphatic carbocycles. The van der Waals surface area contributed by atoms with Gasteiger partial charge in [0.15, 0.2) is 0 Å². The number of non-ortho nitro benzene ring substituents is 1. The van der Waals surface area contributed by atoms with Crippen LogP contribution < -0.4 is 0 Å². The molecule has 0 saturated carbocycles. The highest BCUT2D eigenvalue weighted by Crippen LogP contribution is 2.21. The number of fused-ring (bicyclic) bond motifs is 1. The molecule has 8 heteroatoms. The third-order valence-corrected chi connectivity index (χ3v) is 5.00. The average Bonchev–Trinajstić information content (AvgIpc) is 3.17. The molecular weight excluding hydrogens is 360 g/mol. The number of hydrogen-bond donors (Lipinski definition) is 1. The minimum atomic E-state index is -0.497. The first-order valence-electron chi connectivity index (χ1n) is 8.94. The fourth-order valence-electron chi connectivity index (χ4n) is 3.44. The van der Waals surface area contributed by atoms with E-state index in [1.165, 1.54) is 24.3 Å². The molecule has 28 heavy (non-hydrogen) atoms. The van der Waals surface area contributed by atoms with Crippen molar-refractivity contribution >= 4 is 28.4 Å². The van der Waals surface area contributed by atoms with E-state index >= 15 is 0 Å². The van der Waals surface area contributed by atoms with Gasteiger partial charge >= 0.3 is 0 Å². The second kappa shape index (κ2) is 7.15. The largest absolute Gasteiger partial charge is 0.360 e. The van der Waals surface area contributed by atoms with Gasteiger partial charge in [0.1, 0.15) is 0 Å². The molecule has 0 radical (unpaired) electrons. The summed E-state index contributed by atoms with van der Waals surface area (Å²) in [7, 11) is 0. The third kappa shape index (κ3) is 3.20. The highest BCUT2D eigenvalue weighted by atomic mass is 16.6. The Morgan fingerprint density at radius 1 is 0.893 bits per heavy atom. The van der Waals surface area contributed by atoms with Crippen LogP contribution in [0.1, 0.15) is 20.7 Å². The average molecular weight is 378 g/mol. The summed E-state index contributed by atoms with van der Waals surface area (Å²) in [5.74, 6) is -0.242. The lowest BCUT2D eigenvalue weighted by molar-refractivity contribution is -0.384. The Morgan fingerprint density at radius 2 is 1.50 bits per heavy atom. The summed E-state index contributed by atoms with van der Waals surface area (Å²) in [6.07, 6.45) is 1.72. The van der Waals surface area contributed by atoms with Crippen molar-refractivity contribution in [2.24, 2.45) is 0 Å². The van der Waals surface area contributed by atoms with Crippen molar-refractivity contribution in [2.45, 2.75) is 0 Å². The van der Waals surface area contributed by atoms with Crippen LogP contribution >= 0.6 is 0 Å². The minimum absolute atomic E-state index is 0.0503. The number of H-pyrrole nitrogens is 1. The van der Waals surface area contributed by atoms with E-state index in [1.54, 1.807) is 16.0 Å². The standard InChI is InChI=1S/C20H18N4O4/c25-19(14-5-7-15(8-6-14)24(27)28)22-9-11-23(12-10-22)20(26)17-13-21-18-4-2-1-3-16(17)18/h1-8,13,21H,9-12H2.